The molecule has 1 N–H and O–H groups in total. The Morgan fingerprint density at radius 3 is 2.30 bits per heavy atom. The van der Waals surface area contributed by atoms with Gasteiger partial charge in [0, 0.05) is 5.54 Å². The van der Waals surface area contributed by atoms with Gasteiger partial charge >= 0.3 is 0 Å². The van der Waals surface area contributed by atoms with E-state index in [1.165, 1.54) is 25.3 Å². The molecular weight excluding hydrogens is 293 g/mol. The molecular formula is C19H24FNO2. The standard InChI is InChI=1S/C19H24FNO2/c1-12(23-17-5-3-2-4-16(17)20)18(22)21-19-9-13-6-14(10-19)8-15(7-13)11-19/h2-5,12-15H,6-11H2,1H3,(H,21,22)/t12-,13?,14?,15?,19?/m0/s1. The first-order chi connectivity index (χ1) is 11.0. The van der Waals surface area contributed by atoms with Crippen LogP contribution in [0.2, 0.25) is 0 Å². The minimum absolute atomic E-state index is 0.0291. The minimum Gasteiger partial charge on any atom is -0.478 e. The highest BCUT2D eigenvalue weighted by molar-refractivity contribution is 5.81. The lowest BCUT2D eigenvalue weighted by molar-refractivity contribution is -0.133. The van der Waals surface area contributed by atoms with E-state index >= 15 is 0 Å². The van der Waals surface area contributed by atoms with Crippen molar-refractivity contribution in [2.24, 2.45) is 17.8 Å². The normalized spacial score (nSPS) is 35.8. The average Bonchev–Trinajstić information content (AvgIpc) is 2.47. The number of ether oxygens (including phenoxy) is 1. The predicted molar refractivity (Wildman–Crippen MR) is 85.5 cm³/mol. The van der Waals surface area contributed by atoms with Gasteiger partial charge in [0.15, 0.2) is 17.7 Å². The third-order valence-corrected chi connectivity index (χ3v) is 5.94. The van der Waals surface area contributed by atoms with Gasteiger partial charge in [-0.25, -0.2) is 4.39 Å². The Bertz CT molecular complexity index is 580. The van der Waals surface area contributed by atoms with Gasteiger partial charge in [0.05, 0.1) is 0 Å². The van der Waals surface area contributed by atoms with Crippen LogP contribution in [0.15, 0.2) is 24.3 Å². The molecule has 0 aliphatic heterocycles. The molecule has 4 bridgehead atoms. The summed E-state index contributed by atoms with van der Waals surface area (Å²) in [6.45, 7) is 1.70. The summed E-state index contributed by atoms with van der Waals surface area (Å²) in [7, 11) is 0. The summed E-state index contributed by atoms with van der Waals surface area (Å²) in [5, 5.41) is 3.28. The monoisotopic (exact) mass is 317 g/mol. The fourth-order valence-electron chi connectivity index (χ4n) is 5.41. The van der Waals surface area contributed by atoms with E-state index in [1.54, 1.807) is 25.1 Å². The number of rotatable bonds is 4. The number of nitrogens with one attached hydrogen (secondary N) is 1. The van der Waals surface area contributed by atoms with Gasteiger partial charge in [-0.05, 0) is 75.3 Å². The maximum absolute atomic E-state index is 13.7. The molecule has 1 aromatic rings. The molecule has 4 saturated carbocycles. The van der Waals surface area contributed by atoms with Crippen LogP contribution in [-0.4, -0.2) is 17.6 Å². The van der Waals surface area contributed by atoms with Gasteiger partial charge in [-0.2, -0.15) is 0 Å². The number of carbonyl (C=O) groups excluding carboxylic acids is 1. The first kappa shape index (κ1) is 15.0. The molecule has 1 aromatic carbocycles. The van der Waals surface area contributed by atoms with Crippen LogP contribution in [0.3, 0.4) is 0 Å². The van der Waals surface area contributed by atoms with Crippen LogP contribution in [0, 0.1) is 23.6 Å². The molecule has 1 atom stereocenters. The molecule has 1 amide bonds. The molecule has 124 valence electrons. The highest BCUT2D eigenvalue weighted by atomic mass is 19.1. The number of carbonyl (C=O) groups is 1. The molecule has 0 unspecified atom stereocenters. The maximum atomic E-state index is 13.7. The van der Waals surface area contributed by atoms with E-state index in [9.17, 15) is 9.18 Å². The third kappa shape index (κ3) is 2.84. The fourth-order valence-corrected chi connectivity index (χ4v) is 5.41. The Morgan fingerprint density at radius 1 is 1.17 bits per heavy atom. The minimum atomic E-state index is -0.681. The molecule has 4 heteroatoms. The summed E-state index contributed by atoms with van der Waals surface area (Å²) in [6.07, 6.45) is 6.68. The van der Waals surface area contributed by atoms with E-state index < -0.39 is 11.9 Å². The van der Waals surface area contributed by atoms with Crippen LogP contribution in [0.4, 0.5) is 4.39 Å². The molecule has 4 aliphatic carbocycles. The Hall–Kier alpha value is -1.58. The van der Waals surface area contributed by atoms with Crippen molar-refractivity contribution in [3.05, 3.63) is 30.1 Å². The summed E-state index contributed by atoms with van der Waals surface area (Å²) in [6, 6.07) is 6.23. The molecule has 4 aliphatic rings. The van der Waals surface area contributed by atoms with Gasteiger partial charge in [-0.1, -0.05) is 12.1 Å². The second kappa shape index (κ2) is 5.50. The van der Waals surface area contributed by atoms with Crippen LogP contribution in [-0.2, 0) is 4.79 Å². The van der Waals surface area contributed by atoms with Gasteiger partial charge in [0.25, 0.3) is 5.91 Å². The average molecular weight is 317 g/mol. The van der Waals surface area contributed by atoms with Crippen molar-refractivity contribution in [2.45, 2.75) is 57.1 Å². The Kier molecular flexibility index (Phi) is 3.58. The summed E-state index contributed by atoms with van der Waals surface area (Å²) in [5.74, 6) is 1.94. The van der Waals surface area contributed by atoms with Crippen LogP contribution in [0.25, 0.3) is 0 Å². The second-order valence-corrected chi connectivity index (χ2v) is 7.88. The van der Waals surface area contributed by atoms with Crippen molar-refractivity contribution >= 4 is 5.91 Å². The van der Waals surface area contributed by atoms with Crippen molar-refractivity contribution in [3.8, 4) is 5.75 Å². The maximum Gasteiger partial charge on any atom is 0.261 e. The number of benzene rings is 1. The van der Waals surface area contributed by atoms with Gasteiger partial charge in [-0.3, -0.25) is 4.79 Å². The molecule has 4 fully saturated rings. The first-order valence-electron chi connectivity index (χ1n) is 8.76. The number of hydrogen-bond acceptors (Lipinski definition) is 2. The quantitative estimate of drug-likeness (QED) is 0.920. The highest BCUT2D eigenvalue weighted by Crippen LogP contribution is 2.55. The van der Waals surface area contributed by atoms with Crippen molar-refractivity contribution < 1.29 is 13.9 Å². The fraction of sp³-hybridized carbons (Fsp3) is 0.632. The topological polar surface area (TPSA) is 38.3 Å². The SMILES string of the molecule is C[C@H](Oc1ccccc1F)C(=O)NC12CC3CC(CC(C3)C1)C2. The molecule has 0 radical (unpaired) electrons. The van der Waals surface area contributed by atoms with Crippen molar-refractivity contribution in [1.82, 2.24) is 5.32 Å². The lowest BCUT2D eigenvalue weighted by atomic mass is 9.53. The van der Waals surface area contributed by atoms with Crippen LogP contribution >= 0.6 is 0 Å². The largest absolute Gasteiger partial charge is 0.478 e. The summed E-state index contributed by atoms with van der Waals surface area (Å²) >= 11 is 0. The first-order valence-corrected chi connectivity index (χ1v) is 8.76. The lowest BCUT2D eigenvalue weighted by Gasteiger charge is -2.57. The van der Waals surface area contributed by atoms with Gasteiger partial charge in [0.1, 0.15) is 0 Å². The Morgan fingerprint density at radius 2 is 1.74 bits per heavy atom. The van der Waals surface area contributed by atoms with Gasteiger partial charge in [-0.15, -0.1) is 0 Å². The van der Waals surface area contributed by atoms with Crippen LogP contribution in [0.1, 0.15) is 45.4 Å². The Balaban J connectivity index is 1.42. The van der Waals surface area contributed by atoms with Crippen LogP contribution in [0.5, 0.6) is 5.75 Å². The zero-order valence-electron chi connectivity index (χ0n) is 13.6. The summed E-state index contributed by atoms with van der Waals surface area (Å²) in [4.78, 5) is 12.6. The van der Waals surface area contributed by atoms with Gasteiger partial charge < -0.3 is 10.1 Å². The molecule has 3 nitrogen and oxygen atoms in total. The van der Waals surface area contributed by atoms with Gasteiger partial charge in [0.2, 0.25) is 0 Å². The number of amides is 1. The smallest absolute Gasteiger partial charge is 0.261 e. The number of halogens is 1. The van der Waals surface area contributed by atoms with E-state index in [4.69, 9.17) is 4.74 Å². The molecule has 0 spiro atoms. The summed E-state index contributed by atoms with van der Waals surface area (Å²) < 4.78 is 19.2. The molecule has 0 saturated heterocycles. The molecule has 0 heterocycles. The van der Waals surface area contributed by atoms with E-state index in [0.717, 1.165) is 37.0 Å². The molecule has 5 rings (SSSR count). The molecule has 0 aromatic heterocycles. The summed E-state index contributed by atoms with van der Waals surface area (Å²) in [5.41, 5.74) is -0.0291. The second-order valence-electron chi connectivity index (χ2n) is 7.88. The Labute approximate surface area is 136 Å². The lowest BCUT2D eigenvalue weighted by Crippen LogP contribution is -2.61. The van der Waals surface area contributed by atoms with Crippen molar-refractivity contribution in [1.29, 1.82) is 0 Å². The third-order valence-electron chi connectivity index (χ3n) is 5.94. The van der Waals surface area contributed by atoms with Crippen molar-refractivity contribution in [2.75, 3.05) is 0 Å². The number of para-hydroxylation sites is 1. The van der Waals surface area contributed by atoms with E-state index in [-0.39, 0.29) is 17.2 Å². The predicted octanol–water partition coefficient (Wildman–Crippen LogP) is 3.68. The van der Waals surface area contributed by atoms with E-state index in [2.05, 4.69) is 5.32 Å². The highest BCUT2D eigenvalue weighted by Gasteiger charge is 2.51. The molecule has 23 heavy (non-hydrogen) atoms. The van der Waals surface area contributed by atoms with Crippen LogP contribution < -0.4 is 10.1 Å². The zero-order chi connectivity index (χ0) is 16.0. The zero-order valence-corrected chi connectivity index (χ0v) is 13.6. The van der Waals surface area contributed by atoms with E-state index in [0.29, 0.717) is 0 Å². The number of hydrogen-bond donors (Lipinski definition) is 1. The van der Waals surface area contributed by atoms with E-state index in [1.807, 2.05) is 0 Å². The van der Waals surface area contributed by atoms with Crippen molar-refractivity contribution in [3.63, 3.8) is 0 Å².